The van der Waals surface area contributed by atoms with Crippen molar-refractivity contribution in [3.63, 3.8) is 0 Å². The molecule has 0 radical (unpaired) electrons. The van der Waals surface area contributed by atoms with Gasteiger partial charge in [0.2, 0.25) is 0 Å². The molecule has 6 aliphatic rings. The van der Waals surface area contributed by atoms with E-state index in [1.54, 1.807) is 0 Å². The molecular formula is C31H50O4. The van der Waals surface area contributed by atoms with Crippen molar-refractivity contribution in [3.05, 3.63) is 0 Å². The molecule has 0 aromatic carbocycles. The lowest BCUT2D eigenvalue weighted by Gasteiger charge is -2.61. The Morgan fingerprint density at radius 1 is 0.943 bits per heavy atom. The van der Waals surface area contributed by atoms with Gasteiger partial charge in [0.05, 0.1) is 12.7 Å². The maximum absolute atomic E-state index is 12.1. The molecule has 1 spiro atoms. The lowest BCUT2D eigenvalue weighted by atomic mass is 9.44. The number of carbonyl (C=O) groups excluding carboxylic acids is 1. The lowest BCUT2D eigenvalue weighted by Crippen LogP contribution is -2.55. The van der Waals surface area contributed by atoms with Crippen LogP contribution in [-0.4, -0.2) is 30.6 Å². The van der Waals surface area contributed by atoms with Crippen LogP contribution in [0.15, 0.2) is 0 Å². The maximum atomic E-state index is 12.1. The normalized spacial score (nSPS) is 55.1. The highest BCUT2D eigenvalue weighted by atomic mass is 16.7. The number of hydrogen-bond donors (Lipinski definition) is 0. The Balaban J connectivity index is 1.17. The quantitative estimate of drug-likeness (QED) is 0.398. The van der Waals surface area contributed by atoms with Crippen molar-refractivity contribution >= 4 is 5.97 Å². The van der Waals surface area contributed by atoms with Gasteiger partial charge in [-0.25, -0.2) is 0 Å². The predicted molar refractivity (Wildman–Crippen MR) is 137 cm³/mol. The van der Waals surface area contributed by atoms with Gasteiger partial charge in [0, 0.05) is 18.8 Å². The summed E-state index contributed by atoms with van der Waals surface area (Å²) < 4.78 is 19.3. The van der Waals surface area contributed by atoms with Crippen molar-refractivity contribution in [2.75, 3.05) is 6.61 Å². The second-order valence-corrected chi connectivity index (χ2v) is 14.3. The number of esters is 1. The second kappa shape index (κ2) is 8.72. The molecule has 4 saturated carbocycles. The molecule has 0 aromatic heterocycles. The minimum Gasteiger partial charge on any atom is -0.462 e. The Morgan fingerprint density at radius 2 is 1.74 bits per heavy atom. The van der Waals surface area contributed by atoms with E-state index in [-0.39, 0.29) is 17.9 Å². The minimum atomic E-state index is -0.302. The Kier molecular flexibility index (Phi) is 6.15. The molecule has 0 bridgehead atoms. The fraction of sp³-hybridized carbons (Fsp3) is 0.968. The first-order valence-electron chi connectivity index (χ1n) is 15.2. The molecule has 0 N–H and O–H groups in total. The van der Waals surface area contributed by atoms with Crippen molar-refractivity contribution in [2.24, 2.45) is 52.3 Å². The number of hydrogen-bond acceptors (Lipinski definition) is 4. The first kappa shape index (κ1) is 24.7. The highest BCUT2D eigenvalue weighted by molar-refractivity contribution is 5.69. The highest BCUT2D eigenvalue weighted by Crippen LogP contribution is 2.71. The number of rotatable bonds is 3. The van der Waals surface area contributed by atoms with E-state index in [0.717, 1.165) is 56.0 Å². The maximum Gasteiger partial charge on any atom is 0.306 e. The zero-order valence-corrected chi connectivity index (χ0v) is 23.0. The van der Waals surface area contributed by atoms with Crippen molar-refractivity contribution in [3.8, 4) is 0 Å². The zero-order valence-electron chi connectivity index (χ0n) is 23.0. The molecule has 6 fully saturated rings. The van der Waals surface area contributed by atoms with Crippen LogP contribution < -0.4 is 0 Å². The van der Waals surface area contributed by atoms with Gasteiger partial charge >= 0.3 is 5.97 Å². The van der Waals surface area contributed by atoms with Crippen molar-refractivity contribution in [1.29, 1.82) is 0 Å². The average Bonchev–Trinajstić information content (AvgIpc) is 3.26. The number of ether oxygens (including phenoxy) is 3. The Bertz CT molecular complexity index is 817. The number of carbonyl (C=O) groups is 1. The molecule has 0 amide bonds. The van der Waals surface area contributed by atoms with E-state index in [2.05, 4.69) is 34.6 Å². The minimum absolute atomic E-state index is 0.0176. The van der Waals surface area contributed by atoms with E-state index in [1.165, 1.54) is 44.9 Å². The van der Waals surface area contributed by atoms with Crippen LogP contribution in [0.5, 0.6) is 0 Å². The summed E-state index contributed by atoms with van der Waals surface area (Å²) in [5, 5.41) is 0. The Hall–Kier alpha value is -0.610. The third kappa shape index (κ3) is 3.69. The first-order chi connectivity index (χ1) is 16.7. The van der Waals surface area contributed by atoms with Crippen LogP contribution in [0, 0.1) is 52.3 Å². The second-order valence-electron chi connectivity index (χ2n) is 14.3. The smallest absolute Gasteiger partial charge is 0.306 e. The summed E-state index contributed by atoms with van der Waals surface area (Å²) in [7, 11) is 0. The SMILES string of the molecule is CCCC(=O)O[C@@H]1CC[C@@]2(C)[C@H](CC[C@H]3[C@H]4C[C@@H]5O[C@]6(CC[C@H](C)CO6)[C@H](C)[C@H]5[C@@]4(C)CC[C@@H]32)C1. The highest BCUT2D eigenvalue weighted by Gasteiger charge is 2.69. The summed E-state index contributed by atoms with van der Waals surface area (Å²) in [4.78, 5) is 12.1. The molecule has 4 heteroatoms. The molecule has 4 nitrogen and oxygen atoms in total. The average molecular weight is 487 g/mol. The molecule has 2 saturated heterocycles. The third-order valence-corrected chi connectivity index (χ3v) is 12.6. The molecule has 2 heterocycles. The topological polar surface area (TPSA) is 44.8 Å². The van der Waals surface area contributed by atoms with E-state index in [1.807, 2.05) is 0 Å². The van der Waals surface area contributed by atoms with Crippen LogP contribution in [0.3, 0.4) is 0 Å². The third-order valence-electron chi connectivity index (χ3n) is 12.6. The van der Waals surface area contributed by atoms with Gasteiger partial charge in [-0.15, -0.1) is 0 Å². The Labute approximate surface area is 213 Å². The molecule has 6 rings (SSSR count). The zero-order chi connectivity index (χ0) is 24.6. The molecular weight excluding hydrogens is 436 g/mol. The van der Waals surface area contributed by atoms with Gasteiger partial charge < -0.3 is 14.2 Å². The molecule has 35 heavy (non-hydrogen) atoms. The van der Waals surface area contributed by atoms with Crippen LogP contribution >= 0.6 is 0 Å². The summed E-state index contributed by atoms with van der Waals surface area (Å²) in [5.74, 6) is 4.74. The monoisotopic (exact) mass is 486 g/mol. The van der Waals surface area contributed by atoms with E-state index >= 15 is 0 Å². The van der Waals surface area contributed by atoms with Gasteiger partial charge in [0.25, 0.3) is 0 Å². The van der Waals surface area contributed by atoms with E-state index in [4.69, 9.17) is 14.2 Å². The van der Waals surface area contributed by atoms with E-state index in [0.29, 0.717) is 41.1 Å². The van der Waals surface area contributed by atoms with Crippen LogP contribution in [0.1, 0.15) is 112 Å². The van der Waals surface area contributed by atoms with E-state index in [9.17, 15) is 4.79 Å². The summed E-state index contributed by atoms with van der Waals surface area (Å²) in [6.07, 6.45) is 14.4. The van der Waals surface area contributed by atoms with Crippen LogP contribution in [0.25, 0.3) is 0 Å². The van der Waals surface area contributed by atoms with Gasteiger partial charge in [-0.2, -0.15) is 0 Å². The predicted octanol–water partition coefficient (Wildman–Crippen LogP) is 7.14. The fourth-order valence-corrected chi connectivity index (χ4v) is 10.8. The molecule has 4 aliphatic carbocycles. The van der Waals surface area contributed by atoms with Crippen molar-refractivity contribution in [1.82, 2.24) is 0 Å². The van der Waals surface area contributed by atoms with Gasteiger partial charge in [-0.05, 0) is 111 Å². The lowest BCUT2D eigenvalue weighted by molar-refractivity contribution is -0.273. The van der Waals surface area contributed by atoms with Crippen LogP contribution in [0.4, 0.5) is 0 Å². The van der Waals surface area contributed by atoms with Gasteiger partial charge in [-0.3, -0.25) is 4.79 Å². The summed E-state index contributed by atoms with van der Waals surface area (Å²) in [6, 6.07) is 0. The molecule has 2 aliphatic heterocycles. The molecule has 12 atom stereocenters. The van der Waals surface area contributed by atoms with Gasteiger partial charge in [0.15, 0.2) is 5.79 Å². The first-order valence-corrected chi connectivity index (χ1v) is 15.2. The largest absolute Gasteiger partial charge is 0.462 e. The fourth-order valence-electron chi connectivity index (χ4n) is 10.8. The summed E-state index contributed by atoms with van der Waals surface area (Å²) in [5.41, 5.74) is 0.823. The molecule has 198 valence electrons. The van der Waals surface area contributed by atoms with Gasteiger partial charge in [-0.1, -0.05) is 34.6 Å². The van der Waals surface area contributed by atoms with Crippen LogP contribution in [-0.2, 0) is 19.0 Å². The number of fused-ring (bicyclic) bond motifs is 7. The van der Waals surface area contributed by atoms with Crippen molar-refractivity contribution in [2.45, 2.75) is 130 Å². The van der Waals surface area contributed by atoms with Gasteiger partial charge in [0.1, 0.15) is 6.10 Å². The summed E-state index contributed by atoms with van der Waals surface area (Å²) in [6.45, 7) is 12.9. The van der Waals surface area contributed by atoms with E-state index < -0.39 is 0 Å². The van der Waals surface area contributed by atoms with Crippen LogP contribution in [0.2, 0.25) is 0 Å². The Morgan fingerprint density at radius 3 is 2.49 bits per heavy atom. The molecule has 0 aromatic rings. The van der Waals surface area contributed by atoms with Crippen molar-refractivity contribution < 1.29 is 19.0 Å². The summed E-state index contributed by atoms with van der Waals surface area (Å²) >= 11 is 0. The standard InChI is InChI=1S/C31H50O4/c1-6-7-27(32)34-22-11-13-29(4)21(16-22)8-9-23-24(29)12-14-30(5)25(23)17-26-28(30)20(3)31(35-26)15-10-19(2)18-33-31/h19-26,28H,6-18H2,1-5H3/t19-,20+,21+,22+,23+,24-,25+,26-,28+,29-,30-,31+/m0/s1. The molecule has 0 unspecified atom stereocenters.